The molecule has 1 aromatic heterocycles. The van der Waals surface area contributed by atoms with Crippen LogP contribution in [0, 0.1) is 0 Å². The molecule has 28 heavy (non-hydrogen) atoms. The lowest BCUT2D eigenvalue weighted by molar-refractivity contribution is 0.242. The molecule has 4 aromatic rings. The predicted molar refractivity (Wildman–Crippen MR) is 114 cm³/mol. The van der Waals surface area contributed by atoms with Gasteiger partial charge in [0.2, 0.25) is 0 Å². The van der Waals surface area contributed by atoms with Crippen molar-refractivity contribution in [3.05, 3.63) is 101 Å². The fourth-order valence-corrected chi connectivity index (χ4v) is 4.56. The van der Waals surface area contributed by atoms with Crippen molar-refractivity contribution in [2.24, 2.45) is 0 Å². The zero-order valence-corrected chi connectivity index (χ0v) is 15.7. The van der Waals surface area contributed by atoms with E-state index >= 15 is 0 Å². The van der Waals surface area contributed by atoms with Gasteiger partial charge in [0.25, 0.3) is 0 Å². The van der Waals surface area contributed by atoms with Gasteiger partial charge in [0.1, 0.15) is 5.01 Å². The Hall–Kier alpha value is -3.44. The van der Waals surface area contributed by atoms with E-state index in [1.165, 1.54) is 0 Å². The molecule has 2 N–H and O–H groups in total. The number of hydrogen-bond donors (Lipinski definition) is 2. The lowest BCUT2D eigenvalue weighted by atomic mass is 9.93. The number of benzene rings is 3. The van der Waals surface area contributed by atoms with E-state index in [2.05, 4.69) is 16.7 Å². The number of thiazole rings is 1. The Morgan fingerprint density at radius 1 is 0.821 bits per heavy atom. The van der Waals surface area contributed by atoms with Crippen LogP contribution < -0.4 is 10.6 Å². The van der Waals surface area contributed by atoms with Crippen LogP contribution in [-0.2, 0) is 0 Å². The van der Waals surface area contributed by atoms with Crippen LogP contribution in [0.5, 0.6) is 0 Å². The van der Waals surface area contributed by atoms with Crippen LogP contribution in [0.1, 0.15) is 22.2 Å². The van der Waals surface area contributed by atoms with Gasteiger partial charge in [0.15, 0.2) is 0 Å². The van der Waals surface area contributed by atoms with Crippen molar-refractivity contribution in [1.29, 1.82) is 0 Å². The quantitative estimate of drug-likeness (QED) is 0.510. The van der Waals surface area contributed by atoms with Crippen LogP contribution in [0.2, 0.25) is 0 Å². The van der Waals surface area contributed by atoms with E-state index < -0.39 is 0 Å². The third-order valence-electron chi connectivity index (χ3n) is 4.79. The van der Waals surface area contributed by atoms with Crippen molar-refractivity contribution in [3.63, 3.8) is 0 Å². The molecule has 0 bridgehead atoms. The molecule has 3 aromatic carbocycles. The largest absolute Gasteiger partial charge is 0.327 e. The van der Waals surface area contributed by atoms with Gasteiger partial charge in [0.05, 0.1) is 22.0 Å². The van der Waals surface area contributed by atoms with Crippen LogP contribution in [0.15, 0.2) is 84.9 Å². The second kappa shape index (κ2) is 6.94. The van der Waals surface area contributed by atoms with Crippen LogP contribution in [0.3, 0.4) is 0 Å². The maximum absolute atomic E-state index is 12.5. The van der Waals surface area contributed by atoms with Crippen molar-refractivity contribution < 1.29 is 4.79 Å². The van der Waals surface area contributed by atoms with Crippen molar-refractivity contribution >= 4 is 38.9 Å². The van der Waals surface area contributed by atoms with Gasteiger partial charge in [-0.25, -0.2) is 9.78 Å². The maximum Gasteiger partial charge on any atom is 0.320 e. The maximum atomic E-state index is 12.5. The van der Waals surface area contributed by atoms with Crippen LogP contribution >= 0.6 is 11.3 Å². The minimum absolute atomic E-state index is 0.211. The molecule has 0 saturated carbocycles. The van der Waals surface area contributed by atoms with E-state index in [0.717, 1.165) is 37.6 Å². The third kappa shape index (κ3) is 2.96. The number of fused-ring (bicyclic) bond motifs is 1. The smallest absolute Gasteiger partial charge is 0.320 e. The molecule has 0 unspecified atom stereocenters. The summed E-state index contributed by atoms with van der Waals surface area (Å²) in [4.78, 5) is 17.4. The molecule has 2 heterocycles. The van der Waals surface area contributed by atoms with Crippen LogP contribution in [-0.4, -0.2) is 11.0 Å². The van der Waals surface area contributed by atoms with E-state index in [9.17, 15) is 4.79 Å². The van der Waals surface area contributed by atoms with Gasteiger partial charge in [-0.2, -0.15) is 0 Å². The summed E-state index contributed by atoms with van der Waals surface area (Å²) in [6, 6.07) is 27.6. The molecule has 5 heteroatoms. The van der Waals surface area contributed by atoms with E-state index in [1.54, 1.807) is 11.3 Å². The summed E-state index contributed by atoms with van der Waals surface area (Å²) in [6.07, 6.45) is 0. The second-order valence-corrected chi connectivity index (χ2v) is 7.61. The molecular weight excluding hydrogens is 366 g/mol. The number of urea groups is 1. The fraction of sp³-hybridized carbons (Fsp3) is 0.0435. The number of rotatable bonds is 3. The van der Waals surface area contributed by atoms with Gasteiger partial charge in [-0.3, -0.25) is 0 Å². The SMILES string of the molecule is O=C1NC(c2ccccc2)=C(c2nc3ccccc3s2)[C@H](c2ccccc2)N1. The number of aromatic nitrogens is 1. The highest BCUT2D eigenvalue weighted by Crippen LogP contribution is 2.40. The standard InChI is InChI=1S/C23H17N3OS/c27-23-25-20(15-9-3-1-4-10-15)19(21(26-23)16-11-5-2-6-12-16)22-24-17-13-7-8-14-18(17)28-22/h1-14,20H,(H2,25,26,27)/t20-/m0/s1. The lowest BCUT2D eigenvalue weighted by Gasteiger charge is -2.30. The molecule has 0 aliphatic carbocycles. The summed E-state index contributed by atoms with van der Waals surface area (Å²) in [5, 5.41) is 7.01. The van der Waals surface area contributed by atoms with E-state index in [1.807, 2.05) is 78.9 Å². The molecule has 0 saturated heterocycles. The predicted octanol–water partition coefficient (Wildman–Crippen LogP) is 5.22. The normalized spacial score (nSPS) is 16.7. The summed E-state index contributed by atoms with van der Waals surface area (Å²) in [7, 11) is 0. The van der Waals surface area contributed by atoms with E-state index in [-0.39, 0.29) is 12.1 Å². The monoisotopic (exact) mass is 383 g/mol. The lowest BCUT2D eigenvalue weighted by Crippen LogP contribution is -2.42. The summed E-state index contributed by atoms with van der Waals surface area (Å²) in [6.45, 7) is 0. The molecule has 5 rings (SSSR count). The molecule has 1 aliphatic rings. The number of nitrogens with zero attached hydrogens (tertiary/aromatic N) is 1. The summed E-state index contributed by atoms with van der Waals surface area (Å²) in [5.41, 5.74) is 4.74. The van der Waals surface area contributed by atoms with Gasteiger partial charge in [-0.15, -0.1) is 11.3 Å². The number of nitrogens with one attached hydrogen (secondary N) is 2. The Bertz CT molecular complexity index is 1150. The van der Waals surface area contributed by atoms with Gasteiger partial charge in [-0.05, 0) is 23.3 Å². The second-order valence-electron chi connectivity index (χ2n) is 6.58. The van der Waals surface area contributed by atoms with Crippen LogP contribution in [0.25, 0.3) is 21.5 Å². The highest BCUT2D eigenvalue weighted by atomic mass is 32.1. The van der Waals surface area contributed by atoms with Gasteiger partial charge < -0.3 is 10.6 Å². The fourth-order valence-electron chi connectivity index (χ4n) is 3.51. The Morgan fingerprint density at radius 3 is 2.25 bits per heavy atom. The summed E-state index contributed by atoms with van der Waals surface area (Å²) in [5.74, 6) is 0. The average molecular weight is 383 g/mol. The number of carbonyl (C=O) groups is 1. The Kier molecular flexibility index (Phi) is 4.14. The third-order valence-corrected chi connectivity index (χ3v) is 5.86. The molecular formula is C23H17N3OS. The first-order valence-electron chi connectivity index (χ1n) is 9.07. The van der Waals surface area contributed by atoms with Crippen molar-refractivity contribution in [2.45, 2.75) is 6.04 Å². The first-order chi connectivity index (χ1) is 13.8. The van der Waals surface area contributed by atoms with Crippen molar-refractivity contribution in [1.82, 2.24) is 15.6 Å². The molecule has 136 valence electrons. The molecule has 0 spiro atoms. The molecule has 0 radical (unpaired) electrons. The van der Waals surface area contributed by atoms with Crippen LogP contribution in [0.4, 0.5) is 4.79 Å². The Morgan fingerprint density at radius 2 is 1.50 bits per heavy atom. The molecule has 0 fully saturated rings. The zero-order valence-electron chi connectivity index (χ0n) is 14.9. The summed E-state index contributed by atoms with van der Waals surface area (Å²) < 4.78 is 1.13. The van der Waals surface area contributed by atoms with Gasteiger partial charge in [-0.1, -0.05) is 72.8 Å². The van der Waals surface area contributed by atoms with Crippen molar-refractivity contribution in [3.8, 4) is 0 Å². The number of hydrogen-bond acceptors (Lipinski definition) is 3. The summed E-state index contributed by atoms with van der Waals surface area (Å²) >= 11 is 1.64. The molecule has 4 nitrogen and oxygen atoms in total. The van der Waals surface area contributed by atoms with Crippen molar-refractivity contribution in [2.75, 3.05) is 0 Å². The Balaban J connectivity index is 1.78. The molecule has 2 amide bonds. The van der Waals surface area contributed by atoms with Gasteiger partial charge in [0, 0.05) is 5.57 Å². The topological polar surface area (TPSA) is 54.0 Å². The van der Waals surface area contributed by atoms with E-state index in [4.69, 9.17) is 4.98 Å². The number of para-hydroxylation sites is 1. The Labute approximate surface area is 166 Å². The molecule has 1 atom stereocenters. The highest BCUT2D eigenvalue weighted by molar-refractivity contribution is 7.19. The zero-order chi connectivity index (χ0) is 18.9. The minimum Gasteiger partial charge on any atom is -0.327 e. The minimum atomic E-state index is -0.272. The highest BCUT2D eigenvalue weighted by Gasteiger charge is 2.31. The van der Waals surface area contributed by atoms with Gasteiger partial charge >= 0.3 is 6.03 Å². The average Bonchev–Trinajstić information content (AvgIpc) is 3.18. The van der Waals surface area contributed by atoms with E-state index in [0.29, 0.717) is 0 Å². The first kappa shape index (κ1) is 16.7. The molecule has 1 aliphatic heterocycles. The number of amides is 2. The number of carbonyl (C=O) groups excluding carboxylic acids is 1. The first-order valence-corrected chi connectivity index (χ1v) is 9.89.